The summed E-state index contributed by atoms with van der Waals surface area (Å²) in [4.78, 5) is 12.7. The van der Waals surface area contributed by atoms with Crippen molar-refractivity contribution in [3.05, 3.63) is 108 Å². The molecule has 0 spiro atoms. The van der Waals surface area contributed by atoms with Crippen molar-refractivity contribution in [1.82, 2.24) is 5.06 Å². The van der Waals surface area contributed by atoms with Crippen LogP contribution in [0.25, 0.3) is 0 Å². The average Bonchev–Trinajstić information content (AvgIpc) is 2.89. The van der Waals surface area contributed by atoms with Crippen LogP contribution in [0, 0.1) is 0 Å². The van der Waals surface area contributed by atoms with Crippen molar-refractivity contribution in [2.24, 2.45) is 0 Å². The third-order valence-electron chi connectivity index (χ3n) is 7.10. The SMILES string of the molecule is COC(=O)CC(c1ccccc1)N(O[Si](C)(C)C(C)(C)C)[C@@H](COCc1ccccc1)c1ccccc1. The van der Waals surface area contributed by atoms with Gasteiger partial charge in [-0.1, -0.05) is 112 Å². The van der Waals surface area contributed by atoms with Crippen molar-refractivity contribution in [2.45, 2.75) is 64.0 Å². The highest BCUT2D eigenvalue weighted by atomic mass is 28.4. The van der Waals surface area contributed by atoms with Gasteiger partial charge in [-0.3, -0.25) is 4.79 Å². The first kappa shape index (κ1) is 28.8. The lowest BCUT2D eigenvalue weighted by Gasteiger charge is -2.45. The molecule has 0 aliphatic rings. The molecular formula is C31H41NO4Si. The molecule has 0 aromatic heterocycles. The van der Waals surface area contributed by atoms with Crippen LogP contribution in [0.4, 0.5) is 0 Å². The number of hydrogen-bond donors (Lipinski definition) is 0. The summed E-state index contributed by atoms with van der Waals surface area (Å²) in [6.45, 7) is 12.0. The molecule has 1 unspecified atom stereocenters. The van der Waals surface area contributed by atoms with Gasteiger partial charge in [0.25, 0.3) is 0 Å². The zero-order chi connectivity index (χ0) is 26.9. The third kappa shape index (κ3) is 8.10. The molecule has 0 fully saturated rings. The van der Waals surface area contributed by atoms with Crippen LogP contribution in [0.3, 0.4) is 0 Å². The second-order valence-corrected chi connectivity index (χ2v) is 15.5. The van der Waals surface area contributed by atoms with Gasteiger partial charge in [0.1, 0.15) is 0 Å². The summed E-state index contributed by atoms with van der Waals surface area (Å²) in [5.41, 5.74) is 3.18. The Kier molecular flexibility index (Phi) is 10.2. The van der Waals surface area contributed by atoms with E-state index in [1.165, 1.54) is 7.11 Å². The number of hydrogen-bond acceptors (Lipinski definition) is 5. The Bertz CT molecular complexity index is 1080. The number of carbonyl (C=O) groups is 1. The molecule has 0 N–H and O–H groups in total. The number of ether oxygens (including phenoxy) is 2. The number of esters is 1. The van der Waals surface area contributed by atoms with Crippen LogP contribution < -0.4 is 0 Å². The first-order chi connectivity index (χ1) is 17.6. The Morgan fingerprint density at radius 2 is 1.30 bits per heavy atom. The van der Waals surface area contributed by atoms with Crippen molar-refractivity contribution in [1.29, 1.82) is 0 Å². The molecule has 2 atom stereocenters. The van der Waals surface area contributed by atoms with E-state index in [0.29, 0.717) is 13.2 Å². The summed E-state index contributed by atoms with van der Waals surface area (Å²) < 4.78 is 18.5. The minimum absolute atomic E-state index is 0.0378. The smallest absolute Gasteiger partial charge is 0.307 e. The summed E-state index contributed by atoms with van der Waals surface area (Å²) >= 11 is 0. The van der Waals surface area contributed by atoms with Gasteiger partial charge in [-0.05, 0) is 34.8 Å². The molecule has 3 aromatic rings. The van der Waals surface area contributed by atoms with Gasteiger partial charge >= 0.3 is 5.97 Å². The number of methoxy groups -OCH3 is 1. The van der Waals surface area contributed by atoms with E-state index in [-0.39, 0.29) is 29.5 Å². The maximum atomic E-state index is 12.7. The lowest BCUT2D eigenvalue weighted by atomic mass is 9.99. The van der Waals surface area contributed by atoms with Gasteiger partial charge in [0, 0.05) is 0 Å². The van der Waals surface area contributed by atoms with Gasteiger partial charge < -0.3 is 14.0 Å². The molecule has 0 heterocycles. The van der Waals surface area contributed by atoms with Gasteiger partial charge in [0.2, 0.25) is 8.32 Å². The monoisotopic (exact) mass is 519 g/mol. The zero-order valence-corrected chi connectivity index (χ0v) is 24.0. The molecule has 5 nitrogen and oxygen atoms in total. The van der Waals surface area contributed by atoms with Gasteiger partial charge in [0.05, 0.1) is 38.8 Å². The fourth-order valence-electron chi connectivity index (χ4n) is 3.87. The fraction of sp³-hybridized carbons (Fsp3) is 0.387. The van der Waals surface area contributed by atoms with Crippen LogP contribution in [0.15, 0.2) is 91.0 Å². The number of nitrogens with zero attached hydrogens (tertiary/aromatic N) is 1. The average molecular weight is 520 g/mol. The molecule has 0 bridgehead atoms. The second kappa shape index (κ2) is 13.2. The fourth-order valence-corrected chi connectivity index (χ4v) is 4.93. The van der Waals surface area contributed by atoms with E-state index in [4.69, 9.17) is 14.0 Å². The third-order valence-corrected chi connectivity index (χ3v) is 11.4. The summed E-state index contributed by atoms with van der Waals surface area (Å²) in [5.74, 6) is -0.283. The summed E-state index contributed by atoms with van der Waals surface area (Å²) in [7, 11) is -0.874. The molecule has 0 amide bonds. The largest absolute Gasteiger partial charge is 0.469 e. The van der Waals surface area contributed by atoms with Crippen LogP contribution in [0.5, 0.6) is 0 Å². The molecule has 0 radical (unpaired) electrons. The first-order valence-corrected chi connectivity index (χ1v) is 15.8. The van der Waals surface area contributed by atoms with Crippen LogP contribution in [-0.4, -0.2) is 33.1 Å². The van der Waals surface area contributed by atoms with E-state index in [1.54, 1.807) is 0 Å². The Balaban J connectivity index is 2.06. The molecule has 0 aliphatic carbocycles. The van der Waals surface area contributed by atoms with E-state index in [0.717, 1.165) is 16.7 Å². The maximum absolute atomic E-state index is 12.7. The highest BCUT2D eigenvalue weighted by Gasteiger charge is 2.43. The van der Waals surface area contributed by atoms with Crippen LogP contribution >= 0.6 is 0 Å². The Hall–Kier alpha value is -2.77. The summed E-state index contributed by atoms with van der Waals surface area (Å²) in [5, 5.41) is 1.99. The van der Waals surface area contributed by atoms with Crippen molar-refractivity contribution in [2.75, 3.05) is 13.7 Å². The number of benzene rings is 3. The molecule has 198 valence electrons. The van der Waals surface area contributed by atoms with E-state index >= 15 is 0 Å². The van der Waals surface area contributed by atoms with Crippen molar-refractivity contribution < 1.29 is 18.8 Å². The van der Waals surface area contributed by atoms with Crippen molar-refractivity contribution in [3.8, 4) is 0 Å². The Morgan fingerprint density at radius 3 is 1.78 bits per heavy atom. The van der Waals surface area contributed by atoms with E-state index < -0.39 is 8.32 Å². The topological polar surface area (TPSA) is 48.0 Å². The number of rotatable bonds is 12. The standard InChI is InChI=1S/C31H41NO4Si/c1-31(2,3)37(5,6)36-32(28(22-30(33)34-4)26-18-12-8-13-19-26)29(27-20-14-9-15-21-27)24-35-23-25-16-10-7-11-17-25/h7-21,28-29H,22-24H2,1-6H3/t28?,29-/m0/s1. The zero-order valence-electron chi connectivity index (χ0n) is 23.0. The predicted octanol–water partition coefficient (Wildman–Crippen LogP) is 7.49. The molecular weight excluding hydrogens is 478 g/mol. The molecule has 0 saturated carbocycles. The number of carbonyl (C=O) groups excluding carboxylic acids is 1. The molecule has 6 heteroatoms. The summed E-state index contributed by atoms with van der Waals surface area (Å²) in [6, 6.07) is 29.9. The van der Waals surface area contributed by atoms with Gasteiger partial charge in [-0.25, -0.2) is 0 Å². The molecule has 0 aliphatic heterocycles. The minimum Gasteiger partial charge on any atom is -0.469 e. The second-order valence-electron chi connectivity index (χ2n) is 10.8. The van der Waals surface area contributed by atoms with Gasteiger partial charge in [-0.15, -0.1) is 0 Å². The van der Waals surface area contributed by atoms with E-state index in [2.05, 4.69) is 58.1 Å². The molecule has 3 rings (SSSR count). The first-order valence-electron chi connectivity index (χ1n) is 12.9. The van der Waals surface area contributed by atoms with Crippen molar-refractivity contribution >= 4 is 14.3 Å². The van der Waals surface area contributed by atoms with E-state index in [9.17, 15) is 4.79 Å². The molecule has 3 aromatic carbocycles. The predicted molar refractivity (Wildman–Crippen MR) is 151 cm³/mol. The van der Waals surface area contributed by atoms with E-state index in [1.807, 2.05) is 71.8 Å². The highest BCUT2D eigenvalue weighted by Crippen LogP contribution is 2.42. The summed E-state index contributed by atoms with van der Waals surface area (Å²) in [6.07, 6.45) is 0.164. The minimum atomic E-state index is -2.31. The van der Waals surface area contributed by atoms with Gasteiger partial charge in [-0.2, -0.15) is 5.06 Å². The quantitative estimate of drug-likeness (QED) is 0.141. The Labute approximate surface area is 223 Å². The Morgan fingerprint density at radius 1 is 0.811 bits per heavy atom. The van der Waals surface area contributed by atoms with Crippen molar-refractivity contribution in [3.63, 3.8) is 0 Å². The van der Waals surface area contributed by atoms with Crippen LogP contribution in [-0.2, 0) is 25.4 Å². The lowest BCUT2D eigenvalue weighted by Crippen LogP contribution is -2.50. The maximum Gasteiger partial charge on any atom is 0.307 e. The molecule has 0 saturated heterocycles. The van der Waals surface area contributed by atoms with Crippen LogP contribution in [0.2, 0.25) is 18.1 Å². The van der Waals surface area contributed by atoms with Gasteiger partial charge in [0.15, 0.2) is 0 Å². The van der Waals surface area contributed by atoms with Crippen LogP contribution in [0.1, 0.15) is 56.0 Å². The highest BCUT2D eigenvalue weighted by molar-refractivity contribution is 6.74. The normalized spacial score (nSPS) is 13.8. The molecule has 37 heavy (non-hydrogen) atoms. The number of hydroxylamine groups is 2. The lowest BCUT2D eigenvalue weighted by molar-refractivity contribution is -0.174.